The maximum Gasteiger partial charge on any atom is 0.127 e. The summed E-state index contributed by atoms with van der Waals surface area (Å²) in [5.41, 5.74) is 7.05. The van der Waals surface area contributed by atoms with Crippen LogP contribution in [0.3, 0.4) is 0 Å². The van der Waals surface area contributed by atoms with E-state index in [1.54, 1.807) is 12.1 Å². The summed E-state index contributed by atoms with van der Waals surface area (Å²) >= 11 is 5.94. The fraction of sp³-hybridized carbons (Fsp3) is 0.222. The maximum absolute atomic E-state index is 8.66. The van der Waals surface area contributed by atoms with Gasteiger partial charge in [-0.25, -0.2) is 0 Å². The van der Waals surface area contributed by atoms with Crippen LogP contribution in [-0.4, -0.2) is 6.61 Å². The summed E-state index contributed by atoms with van der Waals surface area (Å²) in [5, 5.41) is 9.18. The molecule has 0 saturated heterocycles. The highest BCUT2D eigenvalue weighted by Gasteiger charge is 2.24. The van der Waals surface area contributed by atoms with Gasteiger partial charge in [-0.1, -0.05) is 11.6 Å². The number of fused-ring (bicyclic) bond motifs is 1. The van der Waals surface area contributed by atoms with E-state index in [1.165, 1.54) is 0 Å². The summed E-state index contributed by atoms with van der Waals surface area (Å²) in [6.07, 6.45) is 0. The van der Waals surface area contributed by atoms with Crippen molar-refractivity contribution in [2.75, 3.05) is 6.61 Å². The zero-order valence-corrected chi connectivity index (χ0v) is 7.51. The van der Waals surface area contributed by atoms with Crippen molar-refractivity contribution in [3.63, 3.8) is 0 Å². The van der Waals surface area contributed by atoms with Crippen molar-refractivity contribution in [2.24, 2.45) is 5.73 Å². The van der Waals surface area contributed by atoms with E-state index in [2.05, 4.69) is 0 Å². The Labute approximate surface area is 80.7 Å². The van der Waals surface area contributed by atoms with E-state index < -0.39 is 0 Å². The molecule has 2 rings (SSSR count). The van der Waals surface area contributed by atoms with Crippen molar-refractivity contribution in [1.29, 1.82) is 5.26 Å². The van der Waals surface area contributed by atoms with Gasteiger partial charge in [-0.05, 0) is 12.1 Å². The van der Waals surface area contributed by atoms with E-state index >= 15 is 0 Å². The Balaban J connectivity index is 2.61. The molecule has 0 unspecified atom stereocenters. The quantitative estimate of drug-likeness (QED) is 0.683. The van der Waals surface area contributed by atoms with Crippen molar-refractivity contribution in [3.8, 4) is 11.8 Å². The fourth-order valence-corrected chi connectivity index (χ4v) is 1.75. The molecule has 1 aromatic rings. The summed E-state index contributed by atoms with van der Waals surface area (Å²) < 4.78 is 5.27. The molecule has 1 aliphatic heterocycles. The van der Waals surface area contributed by atoms with Crippen molar-refractivity contribution in [3.05, 3.63) is 28.3 Å². The second kappa shape index (κ2) is 2.91. The Morgan fingerprint density at radius 3 is 3.08 bits per heavy atom. The summed E-state index contributed by atoms with van der Waals surface area (Å²) in [7, 11) is 0. The van der Waals surface area contributed by atoms with E-state index in [0.717, 1.165) is 5.56 Å². The second-order valence-corrected chi connectivity index (χ2v) is 3.31. The molecule has 2 N–H and O–H groups in total. The minimum Gasteiger partial charge on any atom is -0.491 e. The van der Waals surface area contributed by atoms with Crippen LogP contribution in [0.25, 0.3) is 0 Å². The van der Waals surface area contributed by atoms with Crippen LogP contribution in [0.1, 0.15) is 17.2 Å². The van der Waals surface area contributed by atoms with Gasteiger partial charge < -0.3 is 10.5 Å². The first kappa shape index (κ1) is 8.36. The minimum atomic E-state index is -0.171. The lowest BCUT2D eigenvalue weighted by atomic mass is 10.1. The standard InChI is InChI=1S/C9H7ClN2O/c10-6-1-5(3-11)2-8-9(6)7(12)4-13-8/h1-2,7H,4,12H2/t7-/m1/s1. The molecular weight excluding hydrogens is 188 g/mol. The summed E-state index contributed by atoms with van der Waals surface area (Å²) in [6, 6.07) is 5.10. The van der Waals surface area contributed by atoms with Gasteiger partial charge in [-0.2, -0.15) is 5.26 Å². The second-order valence-electron chi connectivity index (χ2n) is 2.90. The number of nitrogens with zero attached hydrogens (tertiary/aromatic N) is 1. The number of nitriles is 1. The molecule has 66 valence electrons. The lowest BCUT2D eigenvalue weighted by molar-refractivity contribution is 0.333. The fourth-order valence-electron chi connectivity index (χ4n) is 1.40. The molecule has 0 aliphatic carbocycles. The molecule has 13 heavy (non-hydrogen) atoms. The van der Waals surface area contributed by atoms with Gasteiger partial charge in [0.1, 0.15) is 12.4 Å². The first-order chi connectivity index (χ1) is 6.22. The highest BCUT2D eigenvalue weighted by atomic mass is 35.5. The highest BCUT2D eigenvalue weighted by Crippen LogP contribution is 2.37. The lowest BCUT2D eigenvalue weighted by Crippen LogP contribution is -2.11. The van der Waals surface area contributed by atoms with Crippen LogP contribution in [0.2, 0.25) is 5.02 Å². The third-order valence-corrected chi connectivity index (χ3v) is 2.32. The molecule has 1 aliphatic rings. The average Bonchev–Trinajstić information content (AvgIpc) is 2.48. The third-order valence-electron chi connectivity index (χ3n) is 2.01. The molecular formula is C9H7ClN2O. The first-order valence-corrected chi connectivity index (χ1v) is 4.22. The molecule has 3 nitrogen and oxygen atoms in total. The molecule has 1 heterocycles. The Morgan fingerprint density at radius 1 is 1.62 bits per heavy atom. The topological polar surface area (TPSA) is 59.0 Å². The van der Waals surface area contributed by atoms with Crippen LogP contribution in [0.15, 0.2) is 12.1 Å². The molecule has 0 radical (unpaired) electrons. The van der Waals surface area contributed by atoms with Crippen LogP contribution < -0.4 is 10.5 Å². The van der Waals surface area contributed by atoms with Gasteiger partial charge in [-0.3, -0.25) is 0 Å². The summed E-state index contributed by atoms with van der Waals surface area (Å²) in [6.45, 7) is 0.434. The number of nitrogens with two attached hydrogens (primary N) is 1. The molecule has 1 atom stereocenters. The first-order valence-electron chi connectivity index (χ1n) is 3.84. The van der Waals surface area contributed by atoms with Gasteiger partial charge in [0.15, 0.2) is 0 Å². The number of halogens is 1. The van der Waals surface area contributed by atoms with Gasteiger partial charge in [0, 0.05) is 5.56 Å². The van der Waals surface area contributed by atoms with E-state index in [-0.39, 0.29) is 6.04 Å². The molecule has 0 spiro atoms. The van der Waals surface area contributed by atoms with Crippen LogP contribution >= 0.6 is 11.6 Å². The molecule has 1 aromatic carbocycles. The highest BCUT2D eigenvalue weighted by molar-refractivity contribution is 6.31. The number of hydrogen-bond acceptors (Lipinski definition) is 3. The van der Waals surface area contributed by atoms with Gasteiger partial charge in [-0.15, -0.1) is 0 Å². The van der Waals surface area contributed by atoms with Crippen molar-refractivity contribution in [1.82, 2.24) is 0 Å². The molecule has 0 amide bonds. The number of benzene rings is 1. The number of hydrogen-bond donors (Lipinski definition) is 1. The maximum atomic E-state index is 8.66. The molecule has 0 aromatic heterocycles. The van der Waals surface area contributed by atoms with Crippen LogP contribution in [0, 0.1) is 11.3 Å². The van der Waals surface area contributed by atoms with Gasteiger partial charge >= 0.3 is 0 Å². The number of rotatable bonds is 0. The van der Waals surface area contributed by atoms with E-state index in [1.807, 2.05) is 6.07 Å². The predicted octanol–water partition coefficient (Wildman–Crippen LogP) is 1.60. The van der Waals surface area contributed by atoms with E-state index in [4.69, 9.17) is 27.3 Å². The molecule has 0 bridgehead atoms. The Kier molecular flexibility index (Phi) is 1.87. The van der Waals surface area contributed by atoms with Crippen molar-refractivity contribution < 1.29 is 4.74 Å². The third kappa shape index (κ3) is 1.24. The Morgan fingerprint density at radius 2 is 2.38 bits per heavy atom. The molecule has 4 heteroatoms. The monoisotopic (exact) mass is 194 g/mol. The lowest BCUT2D eigenvalue weighted by Gasteiger charge is -2.03. The zero-order valence-electron chi connectivity index (χ0n) is 6.75. The smallest absolute Gasteiger partial charge is 0.127 e. The predicted molar refractivity (Wildman–Crippen MR) is 48.6 cm³/mol. The molecule has 0 saturated carbocycles. The summed E-state index contributed by atoms with van der Waals surface area (Å²) in [4.78, 5) is 0. The average molecular weight is 195 g/mol. The Hall–Kier alpha value is -1.24. The SMILES string of the molecule is N#Cc1cc(Cl)c2c(c1)OC[C@H]2N. The van der Waals surface area contributed by atoms with E-state index in [0.29, 0.717) is 22.9 Å². The Bertz CT molecular complexity index is 397. The molecule has 0 fully saturated rings. The zero-order chi connectivity index (χ0) is 9.42. The normalized spacial score (nSPS) is 19.0. The van der Waals surface area contributed by atoms with Crippen LogP contribution in [0.5, 0.6) is 5.75 Å². The van der Waals surface area contributed by atoms with Crippen molar-refractivity contribution >= 4 is 11.6 Å². The van der Waals surface area contributed by atoms with Gasteiger partial charge in [0.25, 0.3) is 0 Å². The largest absolute Gasteiger partial charge is 0.491 e. The van der Waals surface area contributed by atoms with E-state index in [9.17, 15) is 0 Å². The van der Waals surface area contributed by atoms with Gasteiger partial charge in [0.05, 0.1) is 22.7 Å². The van der Waals surface area contributed by atoms with Crippen LogP contribution in [0.4, 0.5) is 0 Å². The van der Waals surface area contributed by atoms with Crippen molar-refractivity contribution in [2.45, 2.75) is 6.04 Å². The number of ether oxygens (including phenoxy) is 1. The minimum absolute atomic E-state index is 0.171. The van der Waals surface area contributed by atoms with Gasteiger partial charge in [0.2, 0.25) is 0 Å². The van der Waals surface area contributed by atoms with Crippen LogP contribution in [-0.2, 0) is 0 Å². The summed E-state index contributed by atoms with van der Waals surface area (Å²) in [5.74, 6) is 0.636.